The van der Waals surface area contributed by atoms with Crippen molar-refractivity contribution in [3.63, 3.8) is 0 Å². The number of quaternary nitrogens is 1. The van der Waals surface area contributed by atoms with E-state index in [-0.39, 0.29) is 45.0 Å². The van der Waals surface area contributed by atoms with E-state index in [9.17, 15) is 20.1 Å². The molecule has 0 bridgehead atoms. The Hall–Kier alpha value is -3.60. The maximum atomic E-state index is 13.7. The van der Waals surface area contributed by atoms with Crippen LogP contribution in [0.4, 0.5) is 11.4 Å². The maximum Gasteiger partial charge on any atom is 0.284 e. The number of halogens is 1. The minimum absolute atomic E-state index is 0.0245. The third kappa shape index (κ3) is 3.96. The first-order valence-corrected chi connectivity index (χ1v) is 10.3. The van der Waals surface area contributed by atoms with E-state index < -0.39 is 47.2 Å². The molecule has 5 rings (SSSR count). The summed E-state index contributed by atoms with van der Waals surface area (Å²) in [5.74, 6) is -0.981. The van der Waals surface area contributed by atoms with Gasteiger partial charge in [-0.25, -0.2) is 4.99 Å². The van der Waals surface area contributed by atoms with Crippen LogP contribution >= 0.6 is 11.6 Å². The molecule has 34 heavy (non-hydrogen) atoms. The van der Waals surface area contributed by atoms with Crippen molar-refractivity contribution in [1.29, 1.82) is 0 Å². The van der Waals surface area contributed by atoms with Crippen LogP contribution in [0.3, 0.4) is 0 Å². The second kappa shape index (κ2) is 8.32. The number of amides is 1. The zero-order valence-electron chi connectivity index (χ0n) is 25.5. The van der Waals surface area contributed by atoms with Gasteiger partial charge in [-0.05, 0) is 12.1 Å². The highest BCUT2D eigenvalue weighted by Gasteiger charge is 2.37. The van der Waals surface area contributed by atoms with Gasteiger partial charge >= 0.3 is 0 Å². The van der Waals surface area contributed by atoms with Crippen LogP contribution in [-0.2, 0) is 4.79 Å². The smallest absolute Gasteiger partial charge is 0.284 e. The number of benzene rings is 2. The second-order valence-corrected chi connectivity index (χ2v) is 7.93. The lowest BCUT2D eigenvalue weighted by Crippen LogP contribution is -2.52. The summed E-state index contributed by atoms with van der Waals surface area (Å²) < 4.78 is 63.4. The van der Waals surface area contributed by atoms with Crippen molar-refractivity contribution in [2.45, 2.75) is 0 Å². The number of nitro groups is 1. The lowest BCUT2D eigenvalue weighted by molar-refractivity contribution is -0.865. The Bertz CT molecular complexity index is 1610. The number of likely N-dealkylation sites (N-methyl/N-ethyl adjacent to an activating group) is 1. The predicted molar refractivity (Wildman–Crippen MR) is 129 cm³/mol. The number of anilines is 1. The van der Waals surface area contributed by atoms with Crippen LogP contribution in [0.1, 0.15) is 22.1 Å². The van der Waals surface area contributed by atoms with E-state index in [0.717, 1.165) is 11.0 Å². The maximum absolute atomic E-state index is 13.7. The van der Waals surface area contributed by atoms with Gasteiger partial charge in [0.2, 0.25) is 0 Å². The first-order chi connectivity index (χ1) is 19.3. The molecular weight excluding hydrogens is 460 g/mol. The predicted octanol–water partition coefficient (Wildman–Crippen LogP) is 2.95. The van der Waals surface area contributed by atoms with Crippen LogP contribution in [0.5, 0.6) is 0 Å². The summed E-state index contributed by atoms with van der Waals surface area (Å²) >= 11 is 6.38. The van der Waals surface area contributed by atoms with Gasteiger partial charge in [0.25, 0.3) is 11.6 Å². The van der Waals surface area contributed by atoms with Gasteiger partial charge in [-0.1, -0.05) is 29.8 Å². The molecule has 0 N–H and O–H groups in total. The first-order valence-electron chi connectivity index (χ1n) is 13.9. The Morgan fingerprint density at radius 3 is 2.65 bits per heavy atom. The van der Waals surface area contributed by atoms with E-state index in [2.05, 4.69) is 9.98 Å². The van der Waals surface area contributed by atoms with Crippen molar-refractivity contribution in [3.05, 3.63) is 85.8 Å². The average Bonchev–Trinajstić information content (AvgIpc) is 3.11. The molecule has 1 saturated heterocycles. The minimum atomic E-state index is -3.54. The van der Waals surface area contributed by atoms with E-state index in [1.807, 2.05) is 0 Å². The van der Waals surface area contributed by atoms with Crippen LogP contribution in [0, 0.1) is 15.3 Å². The van der Waals surface area contributed by atoms with Crippen molar-refractivity contribution < 1.29 is 25.3 Å². The standard InChI is InChI=1S/C23H21ClN6O4/c1-30(34)10-8-27(9-11-30)14-19-23(31)28-20-7-6-15(29(32)33)12-17(20)22(25-13-21(28)26-19)16-4-2-3-5-18(16)24/h2-7,12,14H,8-11,13H2,1H3/b19-14-/i8D2,9D2,10D2,11D2. The highest BCUT2D eigenvalue weighted by Crippen LogP contribution is 2.35. The molecule has 10 nitrogen and oxygen atoms in total. The molecule has 3 heterocycles. The fraction of sp³-hybridized carbons (Fsp3) is 0.261. The summed E-state index contributed by atoms with van der Waals surface area (Å²) in [4.78, 5) is 34.5. The van der Waals surface area contributed by atoms with Gasteiger partial charge in [-0.3, -0.25) is 24.8 Å². The number of amidine groups is 1. The van der Waals surface area contributed by atoms with Gasteiger partial charge in [-0.15, -0.1) is 0 Å². The SMILES string of the molecule is [2H]C1([2H])N(/C=C2\N=C3CN=C(c4ccccc4Cl)c4cc([N+](=O)[O-])ccc4N3C2=O)C([2H])([2H])C([2H])([2H])[N+](C)([O-])C1([2H])[2H]. The number of nitro benzene ring substituents is 1. The third-order valence-corrected chi connectivity index (χ3v) is 5.47. The second-order valence-electron chi connectivity index (χ2n) is 7.53. The summed E-state index contributed by atoms with van der Waals surface area (Å²) in [5.41, 5.74) is -0.0200. The van der Waals surface area contributed by atoms with E-state index >= 15 is 0 Å². The van der Waals surface area contributed by atoms with Crippen LogP contribution in [0.2, 0.25) is 5.02 Å². The molecule has 0 radical (unpaired) electrons. The summed E-state index contributed by atoms with van der Waals surface area (Å²) in [5, 5.41) is 24.9. The van der Waals surface area contributed by atoms with Crippen LogP contribution in [-0.4, -0.2) is 71.5 Å². The third-order valence-electron chi connectivity index (χ3n) is 5.14. The molecule has 1 fully saturated rings. The number of non-ortho nitro benzene ring substituents is 1. The minimum Gasteiger partial charge on any atom is -0.633 e. The Morgan fingerprint density at radius 1 is 1.21 bits per heavy atom. The highest BCUT2D eigenvalue weighted by atomic mass is 35.5. The van der Waals surface area contributed by atoms with Gasteiger partial charge in [0, 0.05) is 34.5 Å². The van der Waals surface area contributed by atoms with Crippen molar-refractivity contribution in [1.82, 2.24) is 4.90 Å². The molecule has 2 aromatic rings. The van der Waals surface area contributed by atoms with E-state index in [1.54, 1.807) is 24.3 Å². The topological polar surface area (TPSA) is 114 Å². The molecule has 0 aromatic heterocycles. The molecule has 0 spiro atoms. The van der Waals surface area contributed by atoms with E-state index in [4.69, 9.17) is 22.6 Å². The highest BCUT2D eigenvalue weighted by molar-refractivity contribution is 6.37. The number of nitrogens with zero attached hydrogens (tertiary/aromatic N) is 6. The molecule has 0 unspecified atom stereocenters. The van der Waals surface area contributed by atoms with Gasteiger partial charge in [0.05, 0.1) is 66.9 Å². The molecular formula is C23H21ClN6O4. The molecule has 0 saturated carbocycles. The summed E-state index contributed by atoms with van der Waals surface area (Å²) in [6, 6.07) is 10.2. The number of carbonyl (C=O) groups excluding carboxylic acids is 1. The van der Waals surface area contributed by atoms with Crippen LogP contribution in [0.15, 0.2) is 64.3 Å². The lowest BCUT2D eigenvalue weighted by Gasteiger charge is -2.45. The van der Waals surface area contributed by atoms with Crippen LogP contribution < -0.4 is 4.90 Å². The van der Waals surface area contributed by atoms with Gasteiger partial charge in [-0.2, -0.15) is 0 Å². The Labute approximate surface area is 211 Å². The van der Waals surface area contributed by atoms with Crippen LogP contribution in [0.25, 0.3) is 0 Å². The number of hydrogen-bond donors (Lipinski definition) is 0. The zero-order chi connectivity index (χ0) is 31.2. The molecule has 2 aromatic carbocycles. The van der Waals surface area contributed by atoms with Crippen molar-refractivity contribution in [2.75, 3.05) is 44.5 Å². The van der Waals surface area contributed by atoms with Gasteiger partial charge in [0.15, 0.2) is 0 Å². The molecule has 1 amide bonds. The quantitative estimate of drug-likeness (QED) is 0.216. The molecule has 174 valence electrons. The summed E-state index contributed by atoms with van der Waals surface area (Å²) in [7, 11) is 0.496. The first kappa shape index (κ1) is 14.6. The molecule has 0 aliphatic carbocycles. The van der Waals surface area contributed by atoms with Crippen molar-refractivity contribution >= 4 is 40.4 Å². The van der Waals surface area contributed by atoms with Crippen molar-refractivity contribution in [2.24, 2.45) is 9.98 Å². The number of hydrogen-bond acceptors (Lipinski definition) is 7. The monoisotopic (exact) mass is 488 g/mol. The fourth-order valence-electron chi connectivity index (χ4n) is 3.59. The number of fused-ring (bicyclic) bond motifs is 3. The fourth-order valence-corrected chi connectivity index (χ4v) is 3.81. The van der Waals surface area contributed by atoms with E-state index in [0.29, 0.717) is 18.8 Å². The van der Waals surface area contributed by atoms with Gasteiger partial charge < -0.3 is 14.8 Å². The van der Waals surface area contributed by atoms with Crippen molar-refractivity contribution in [3.8, 4) is 0 Å². The largest absolute Gasteiger partial charge is 0.633 e. The zero-order valence-corrected chi connectivity index (χ0v) is 18.3. The average molecular weight is 489 g/mol. The Morgan fingerprint density at radius 2 is 1.94 bits per heavy atom. The molecule has 3 aliphatic heterocycles. The number of carbonyl (C=O) groups is 1. The number of rotatable bonds is 3. The number of aliphatic imine (C=N–C) groups is 2. The lowest BCUT2D eigenvalue weighted by atomic mass is 9.99. The Balaban J connectivity index is 1.68. The normalized spacial score (nSPS) is 29.9. The molecule has 0 atom stereocenters. The molecule has 3 aliphatic rings. The number of piperazine rings is 1. The number of hydroxylamine groups is 3. The summed E-state index contributed by atoms with van der Waals surface area (Å²) in [6.07, 6.45) is 0.544. The summed E-state index contributed by atoms with van der Waals surface area (Å²) in [6.45, 7) is -14.3. The molecule has 11 heteroatoms. The Kier molecular flexibility index (Phi) is 3.57. The van der Waals surface area contributed by atoms with Gasteiger partial charge in [0.1, 0.15) is 11.5 Å². The van der Waals surface area contributed by atoms with E-state index in [1.165, 1.54) is 12.1 Å².